The molecule has 0 spiro atoms. The number of nitrogens with two attached hydrogens (primary N) is 1. The Bertz CT molecular complexity index is 336. The molecule has 0 saturated carbocycles. The zero-order chi connectivity index (χ0) is 12.9. The van der Waals surface area contributed by atoms with Crippen LogP contribution in [0.25, 0.3) is 0 Å². The third-order valence-electron chi connectivity index (χ3n) is 2.52. The van der Waals surface area contributed by atoms with Crippen LogP contribution in [0.1, 0.15) is 19.0 Å². The smallest absolute Gasteiger partial charge is 0.349 e. The molecule has 0 aliphatic carbocycles. The summed E-state index contributed by atoms with van der Waals surface area (Å²) in [6.07, 6.45) is -1.33. The van der Waals surface area contributed by atoms with Gasteiger partial charge in [-0.25, -0.2) is 0 Å². The maximum Gasteiger partial charge on any atom is 0.522 e. The average molecular weight is 250 g/mol. The van der Waals surface area contributed by atoms with E-state index >= 15 is 0 Å². The molecule has 0 radical (unpaired) electrons. The fraction of sp³-hybridized carbons (Fsp3) is 0.636. The van der Waals surface area contributed by atoms with Gasteiger partial charge in [0, 0.05) is 30.9 Å². The van der Waals surface area contributed by atoms with Crippen LogP contribution in [-0.2, 0) is 17.7 Å². The minimum Gasteiger partial charge on any atom is -0.349 e. The standard InChI is InChI=1S/C11H17F3N2O/c1-2-9(15)8-10-4-3-5-16(10)6-7-17-11(12,13)14/h3-5,9H,2,6-8,15H2,1H3. The molecule has 0 amide bonds. The first-order valence-electron chi connectivity index (χ1n) is 5.52. The van der Waals surface area contributed by atoms with Crippen molar-refractivity contribution in [3.05, 3.63) is 24.0 Å². The Hall–Kier alpha value is -1.01. The summed E-state index contributed by atoms with van der Waals surface area (Å²) in [6, 6.07) is 3.70. The van der Waals surface area contributed by atoms with Crippen LogP contribution in [0.3, 0.4) is 0 Å². The van der Waals surface area contributed by atoms with E-state index in [1.54, 1.807) is 16.8 Å². The van der Waals surface area contributed by atoms with Gasteiger partial charge in [-0.2, -0.15) is 0 Å². The molecule has 1 atom stereocenters. The second kappa shape index (κ2) is 6.07. The molecule has 98 valence electrons. The van der Waals surface area contributed by atoms with Gasteiger partial charge in [0.25, 0.3) is 0 Å². The predicted molar refractivity (Wildman–Crippen MR) is 58.4 cm³/mol. The Morgan fingerprint density at radius 2 is 2.18 bits per heavy atom. The molecule has 1 unspecified atom stereocenters. The minimum absolute atomic E-state index is 0.0344. The van der Waals surface area contributed by atoms with Crippen LogP contribution in [0.5, 0.6) is 0 Å². The average Bonchev–Trinajstić information content (AvgIpc) is 2.64. The molecule has 0 bridgehead atoms. The first-order chi connectivity index (χ1) is 7.92. The molecule has 3 nitrogen and oxygen atoms in total. The number of halogens is 3. The molecule has 0 fully saturated rings. The Morgan fingerprint density at radius 1 is 1.47 bits per heavy atom. The van der Waals surface area contributed by atoms with Crippen molar-refractivity contribution in [3.63, 3.8) is 0 Å². The lowest BCUT2D eigenvalue weighted by atomic mass is 10.1. The van der Waals surface area contributed by atoms with Crippen LogP contribution >= 0.6 is 0 Å². The van der Waals surface area contributed by atoms with Crippen molar-refractivity contribution >= 4 is 0 Å². The normalized spacial score (nSPS) is 13.9. The molecule has 1 aromatic heterocycles. The lowest BCUT2D eigenvalue weighted by Crippen LogP contribution is -2.24. The fourth-order valence-corrected chi connectivity index (χ4v) is 1.53. The summed E-state index contributed by atoms with van der Waals surface area (Å²) in [5.41, 5.74) is 6.74. The van der Waals surface area contributed by atoms with Gasteiger partial charge in [0.1, 0.15) is 0 Å². The first-order valence-corrected chi connectivity index (χ1v) is 5.52. The van der Waals surface area contributed by atoms with Gasteiger partial charge in [-0.3, -0.25) is 4.74 Å². The van der Waals surface area contributed by atoms with Gasteiger partial charge >= 0.3 is 6.36 Å². The minimum atomic E-state index is -4.56. The molecule has 0 aliphatic rings. The van der Waals surface area contributed by atoms with E-state index in [-0.39, 0.29) is 19.2 Å². The van der Waals surface area contributed by atoms with E-state index in [1.165, 1.54) is 0 Å². The summed E-state index contributed by atoms with van der Waals surface area (Å²) in [7, 11) is 0. The lowest BCUT2D eigenvalue weighted by molar-refractivity contribution is -0.325. The van der Waals surface area contributed by atoms with Crippen LogP contribution in [-0.4, -0.2) is 23.6 Å². The van der Waals surface area contributed by atoms with E-state index in [4.69, 9.17) is 5.73 Å². The Morgan fingerprint density at radius 3 is 2.76 bits per heavy atom. The molecule has 0 saturated heterocycles. The quantitative estimate of drug-likeness (QED) is 0.841. The van der Waals surface area contributed by atoms with Gasteiger partial charge in [0.15, 0.2) is 0 Å². The number of rotatable bonds is 6. The summed E-state index contributed by atoms with van der Waals surface area (Å²) in [5.74, 6) is 0. The van der Waals surface area contributed by atoms with Crippen LogP contribution in [0.15, 0.2) is 18.3 Å². The number of aromatic nitrogens is 1. The molecule has 0 aliphatic heterocycles. The molecule has 1 rings (SSSR count). The summed E-state index contributed by atoms with van der Waals surface area (Å²) < 4.78 is 40.9. The van der Waals surface area contributed by atoms with Crippen molar-refractivity contribution in [1.82, 2.24) is 4.57 Å². The van der Waals surface area contributed by atoms with E-state index in [1.807, 2.05) is 13.0 Å². The van der Waals surface area contributed by atoms with Gasteiger partial charge in [0.05, 0.1) is 6.61 Å². The van der Waals surface area contributed by atoms with Crippen molar-refractivity contribution in [2.24, 2.45) is 5.73 Å². The SMILES string of the molecule is CCC(N)Cc1cccn1CCOC(F)(F)F. The summed E-state index contributed by atoms with van der Waals surface area (Å²) in [4.78, 5) is 0. The second-order valence-electron chi connectivity index (χ2n) is 3.86. The molecule has 0 aromatic carbocycles. The van der Waals surface area contributed by atoms with Crippen molar-refractivity contribution in [1.29, 1.82) is 0 Å². The number of alkyl halides is 3. The van der Waals surface area contributed by atoms with Gasteiger partial charge < -0.3 is 10.3 Å². The third kappa shape index (κ3) is 5.23. The van der Waals surface area contributed by atoms with Crippen LogP contribution in [0.2, 0.25) is 0 Å². The molecule has 1 heterocycles. The van der Waals surface area contributed by atoms with Crippen LogP contribution < -0.4 is 5.73 Å². The van der Waals surface area contributed by atoms with Gasteiger partial charge in [-0.05, 0) is 18.6 Å². The van der Waals surface area contributed by atoms with E-state index < -0.39 is 6.36 Å². The predicted octanol–water partition coefficient (Wildman–Crippen LogP) is 2.30. The van der Waals surface area contributed by atoms with E-state index in [0.29, 0.717) is 6.42 Å². The van der Waals surface area contributed by atoms with Gasteiger partial charge in [-0.15, -0.1) is 13.2 Å². The number of hydrogen-bond donors (Lipinski definition) is 1. The molecular formula is C11H17F3N2O. The van der Waals surface area contributed by atoms with Crippen molar-refractivity contribution in [3.8, 4) is 0 Å². The van der Waals surface area contributed by atoms with Gasteiger partial charge in [0.2, 0.25) is 0 Å². The Balaban J connectivity index is 2.46. The molecule has 17 heavy (non-hydrogen) atoms. The van der Waals surface area contributed by atoms with E-state index in [0.717, 1.165) is 12.1 Å². The number of ether oxygens (including phenoxy) is 1. The zero-order valence-electron chi connectivity index (χ0n) is 9.70. The van der Waals surface area contributed by atoms with E-state index in [9.17, 15) is 13.2 Å². The molecule has 1 aromatic rings. The topological polar surface area (TPSA) is 40.2 Å². The van der Waals surface area contributed by atoms with Crippen LogP contribution in [0, 0.1) is 0 Å². The Kier molecular flexibility index (Phi) is 5.02. The fourth-order valence-electron chi connectivity index (χ4n) is 1.53. The first kappa shape index (κ1) is 14.1. The van der Waals surface area contributed by atoms with Crippen LogP contribution in [0.4, 0.5) is 13.2 Å². The largest absolute Gasteiger partial charge is 0.522 e. The highest BCUT2D eigenvalue weighted by atomic mass is 19.4. The third-order valence-corrected chi connectivity index (χ3v) is 2.52. The second-order valence-corrected chi connectivity index (χ2v) is 3.86. The molecular weight excluding hydrogens is 233 g/mol. The number of nitrogens with zero attached hydrogens (tertiary/aromatic N) is 1. The lowest BCUT2D eigenvalue weighted by Gasteiger charge is -2.13. The summed E-state index contributed by atoms with van der Waals surface area (Å²) in [6.45, 7) is 1.77. The maximum atomic E-state index is 11.8. The van der Waals surface area contributed by atoms with Crippen molar-refractivity contribution < 1.29 is 17.9 Å². The highest BCUT2D eigenvalue weighted by molar-refractivity contribution is 5.08. The molecule has 6 heteroatoms. The van der Waals surface area contributed by atoms with Crippen molar-refractivity contribution in [2.75, 3.05) is 6.61 Å². The summed E-state index contributed by atoms with van der Waals surface area (Å²) >= 11 is 0. The maximum absolute atomic E-state index is 11.8. The highest BCUT2D eigenvalue weighted by Gasteiger charge is 2.28. The van der Waals surface area contributed by atoms with E-state index in [2.05, 4.69) is 4.74 Å². The van der Waals surface area contributed by atoms with Gasteiger partial charge in [-0.1, -0.05) is 6.92 Å². The highest BCUT2D eigenvalue weighted by Crippen LogP contribution is 2.16. The number of hydrogen-bond acceptors (Lipinski definition) is 2. The Labute approximate surface area is 98.4 Å². The zero-order valence-corrected chi connectivity index (χ0v) is 9.70. The monoisotopic (exact) mass is 250 g/mol. The van der Waals surface area contributed by atoms with Crippen molar-refractivity contribution in [2.45, 2.75) is 38.7 Å². The summed E-state index contributed by atoms with van der Waals surface area (Å²) in [5, 5.41) is 0. The molecule has 2 N–H and O–H groups in total.